The van der Waals surface area contributed by atoms with Crippen molar-refractivity contribution >= 4 is 5.69 Å². The summed E-state index contributed by atoms with van der Waals surface area (Å²) >= 11 is 0. The Morgan fingerprint density at radius 2 is 1.94 bits per heavy atom. The Morgan fingerprint density at radius 1 is 1.29 bits per heavy atom. The van der Waals surface area contributed by atoms with Gasteiger partial charge in [0.05, 0.1) is 6.07 Å². The van der Waals surface area contributed by atoms with Crippen molar-refractivity contribution in [2.75, 3.05) is 24.5 Å². The number of nitrogens with zero attached hydrogens (tertiary/aromatic N) is 2. The maximum absolute atomic E-state index is 9.27. The molecule has 0 aromatic heterocycles. The number of hydrogen-bond donors (Lipinski definition) is 1. The second-order valence-corrected chi connectivity index (χ2v) is 4.32. The molecule has 0 aliphatic heterocycles. The summed E-state index contributed by atoms with van der Waals surface area (Å²) in [6, 6.07) is 12.6. The van der Waals surface area contributed by atoms with Gasteiger partial charge in [0.1, 0.15) is 5.54 Å². The largest absolute Gasteiger partial charge is 0.369 e. The summed E-state index contributed by atoms with van der Waals surface area (Å²) in [4.78, 5) is 2.21. The van der Waals surface area contributed by atoms with Crippen LogP contribution in [0.15, 0.2) is 30.3 Å². The van der Waals surface area contributed by atoms with Gasteiger partial charge < -0.3 is 4.90 Å². The van der Waals surface area contributed by atoms with Crippen LogP contribution in [0.25, 0.3) is 0 Å². The topological polar surface area (TPSA) is 39.1 Å². The molecule has 1 aromatic carbocycles. The van der Waals surface area contributed by atoms with Crippen LogP contribution >= 0.6 is 0 Å². The van der Waals surface area contributed by atoms with Gasteiger partial charge >= 0.3 is 0 Å². The molecular weight excluding hydrogens is 210 g/mol. The van der Waals surface area contributed by atoms with E-state index < -0.39 is 5.54 Å². The van der Waals surface area contributed by atoms with Crippen LogP contribution in [0, 0.1) is 11.3 Å². The van der Waals surface area contributed by atoms with E-state index >= 15 is 0 Å². The van der Waals surface area contributed by atoms with Gasteiger partial charge in [-0.05, 0) is 32.5 Å². The predicted molar refractivity (Wildman–Crippen MR) is 72.0 cm³/mol. The van der Waals surface area contributed by atoms with Crippen LogP contribution in [0.4, 0.5) is 5.69 Å². The molecule has 0 spiro atoms. The average molecular weight is 231 g/mol. The molecule has 0 saturated carbocycles. The van der Waals surface area contributed by atoms with Gasteiger partial charge in [-0.2, -0.15) is 5.26 Å². The maximum Gasteiger partial charge on any atom is 0.121 e. The summed E-state index contributed by atoms with van der Waals surface area (Å²) in [5.41, 5.74) is 0.662. The molecule has 1 unspecified atom stereocenters. The number of nitrogens with one attached hydrogen (secondary N) is 1. The molecule has 0 saturated heterocycles. The Morgan fingerprint density at radius 3 is 2.41 bits per heavy atom. The zero-order valence-corrected chi connectivity index (χ0v) is 10.9. The van der Waals surface area contributed by atoms with E-state index in [1.54, 1.807) is 0 Å². The SMILES string of the molecule is CCNC(C)(C#N)CN(CC)c1ccccc1. The van der Waals surface area contributed by atoms with Crippen molar-refractivity contribution in [3.63, 3.8) is 0 Å². The second-order valence-electron chi connectivity index (χ2n) is 4.32. The highest BCUT2D eigenvalue weighted by Gasteiger charge is 2.25. The summed E-state index contributed by atoms with van der Waals surface area (Å²) in [6.07, 6.45) is 0. The van der Waals surface area contributed by atoms with Crippen molar-refractivity contribution in [2.24, 2.45) is 0 Å². The van der Waals surface area contributed by atoms with E-state index in [9.17, 15) is 5.26 Å². The monoisotopic (exact) mass is 231 g/mol. The summed E-state index contributed by atoms with van der Waals surface area (Å²) in [5.74, 6) is 0. The van der Waals surface area contributed by atoms with E-state index in [0.29, 0.717) is 6.54 Å². The quantitative estimate of drug-likeness (QED) is 0.817. The third-order valence-corrected chi connectivity index (χ3v) is 2.82. The minimum Gasteiger partial charge on any atom is -0.369 e. The fourth-order valence-corrected chi connectivity index (χ4v) is 1.93. The van der Waals surface area contributed by atoms with Crippen LogP contribution in [-0.4, -0.2) is 25.2 Å². The van der Waals surface area contributed by atoms with Crippen LogP contribution in [-0.2, 0) is 0 Å². The number of nitriles is 1. The van der Waals surface area contributed by atoms with Gasteiger partial charge in [-0.15, -0.1) is 0 Å². The Balaban J connectivity index is 2.80. The molecule has 92 valence electrons. The molecule has 3 nitrogen and oxygen atoms in total. The van der Waals surface area contributed by atoms with E-state index in [4.69, 9.17) is 0 Å². The van der Waals surface area contributed by atoms with Gasteiger partial charge in [0.15, 0.2) is 0 Å². The molecule has 1 aromatic rings. The van der Waals surface area contributed by atoms with Gasteiger partial charge in [0.25, 0.3) is 0 Å². The number of likely N-dealkylation sites (N-methyl/N-ethyl adjacent to an activating group) is 2. The van der Waals surface area contributed by atoms with Gasteiger partial charge in [-0.3, -0.25) is 5.32 Å². The third-order valence-electron chi connectivity index (χ3n) is 2.82. The average Bonchev–Trinajstić information content (AvgIpc) is 2.37. The molecule has 0 aliphatic carbocycles. The number of para-hydroxylation sites is 1. The number of hydrogen-bond acceptors (Lipinski definition) is 3. The van der Waals surface area contributed by atoms with Crippen LogP contribution in [0.3, 0.4) is 0 Å². The fraction of sp³-hybridized carbons (Fsp3) is 0.500. The van der Waals surface area contributed by atoms with Crippen LogP contribution < -0.4 is 10.2 Å². The number of benzene rings is 1. The Labute approximate surface area is 104 Å². The van der Waals surface area contributed by atoms with Crippen LogP contribution in [0.5, 0.6) is 0 Å². The summed E-state index contributed by atoms with van der Waals surface area (Å²) in [6.45, 7) is 8.47. The third kappa shape index (κ3) is 3.76. The van der Waals surface area contributed by atoms with E-state index in [-0.39, 0.29) is 0 Å². The maximum atomic E-state index is 9.27. The first-order valence-electron chi connectivity index (χ1n) is 6.11. The normalized spacial score (nSPS) is 13.8. The molecule has 1 rings (SSSR count). The van der Waals surface area contributed by atoms with Crippen molar-refractivity contribution in [1.82, 2.24) is 5.32 Å². The molecule has 1 N–H and O–H groups in total. The highest BCUT2D eigenvalue weighted by Crippen LogP contribution is 2.16. The minimum absolute atomic E-state index is 0.499. The summed E-state index contributed by atoms with van der Waals surface area (Å²) < 4.78 is 0. The minimum atomic E-state index is -0.499. The van der Waals surface area contributed by atoms with Gasteiger partial charge in [0.2, 0.25) is 0 Å². The highest BCUT2D eigenvalue weighted by atomic mass is 15.2. The number of anilines is 1. The fourth-order valence-electron chi connectivity index (χ4n) is 1.93. The summed E-state index contributed by atoms with van der Waals surface area (Å²) in [5, 5.41) is 12.5. The lowest BCUT2D eigenvalue weighted by Crippen LogP contribution is -2.50. The Hall–Kier alpha value is -1.53. The van der Waals surface area contributed by atoms with Gasteiger partial charge in [0, 0.05) is 18.8 Å². The molecule has 0 heterocycles. The molecule has 0 bridgehead atoms. The van der Waals surface area contributed by atoms with E-state index in [2.05, 4.69) is 35.3 Å². The molecule has 0 radical (unpaired) electrons. The first kappa shape index (κ1) is 13.5. The van der Waals surface area contributed by atoms with E-state index in [1.165, 1.54) is 0 Å². The molecule has 17 heavy (non-hydrogen) atoms. The standard InChI is InChI=1S/C14H21N3/c1-4-16-14(3,11-15)12-17(5-2)13-9-7-6-8-10-13/h6-10,16H,4-5,12H2,1-3H3. The molecule has 3 heteroatoms. The zero-order chi connectivity index (χ0) is 12.7. The lowest BCUT2D eigenvalue weighted by molar-refractivity contribution is 0.456. The van der Waals surface area contributed by atoms with E-state index in [1.807, 2.05) is 32.0 Å². The van der Waals surface area contributed by atoms with Crippen molar-refractivity contribution in [3.8, 4) is 6.07 Å². The molecule has 0 fully saturated rings. The predicted octanol–water partition coefficient (Wildman–Crippen LogP) is 2.40. The van der Waals surface area contributed by atoms with Crippen LogP contribution in [0.2, 0.25) is 0 Å². The first-order chi connectivity index (χ1) is 8.15. The van der Waals surface area contributed by atoms with Crippen molar-refractivity contribution in [1.29, 1.82) is 5.26 Å². The molecule has 0 aliphatic rings. The lowest BCUT2D eigenvalue weighted by atomic mass is 10.0. The summed E-state index contributed by atoms with van der Waals surface area (Å²) in [7, 11) is 0. The van der Waals surface area contributed by atoms with Gasteiger partial charge in [-0.1, -0.05) is 25.1 Å². The second kappa shape index (κ2) is 6.27. The lowest BCUT2D eigenvalue weighted by Gasteiger charge is -2.32. The first-order valence-corrected chi connectivity index (χ1v) is 6.11. The van der Waals surface area contributed by atoms with Crippen molar-refractivity contribution < 1.29 is 0 Å². The zero-order valence-electron chi connectivity index (χ0n) is 10.9. The Bertz CT molecular complexity index is 369. The smallest absolute Gasteiger partial charge is 0.121 e. The Kier molecular flexibility index (Phi) is 4.99. The van der Waals surface area contributed by atoms with E-state index in [0.717, 1.165) is 18.8 Å². The van der Waals surface area contributed by atoms with Crippen molar-refractivity contribution in [2.45, 2.75) is 26.3 Å². The van der Waals surface area contributed by atoms with Crippen LogP contribution in [0.1, 0.15) is 20.8 Å². The molecular formula is C14H21N3. The highest BCUT2D eigenvalue weighted by molar-refractivity contribution is 5.46. The van der Waals surface area contributed by atoms with Crippen molar-refractivity contribution in [3.05, 3.63) is 30.3 Å². The van der Waals surface area contributed by atoms with Gasteiger partial charge in [-0.25, -0.2) is 0 Å². The molecule has 1 atom stereocenters. The molecule has 0 amide bonds. The number of rotatable bonds is 6.